The van der Waals surface area contributed by atoms with Crippen molar-refractivity contribution < 1.29 is 27.8 Å². The van der Waals surface area contributed by atoms with Crippen LogP contribution in [-0.4, -0.2) is 27.9 Å². The van der Waals surface area contributed by atoms with Crippen LogP contribution >= 0.6 is 0 Å². The summed E-state index contributed by atoms with van der Waals surface area (Å²) in [6, 6.07) is 5.37. The van der Waals surface area contributed by atoms with Gasteiger partial charge in [0.05, 0.1) is 0 Å². The van der Waals surface area contributed by atoms with Gasteiger partial charge >= 0.3 is 18.5 Å². The molecule has 94 valence electrons. The lowest BCUT2D eigenvalue weighted by Gasteiger charge is -2.03. The van der Waals surface area contributed by atoms with Crippen LogP contribution in [0.2, 0.25) is 0 Å². The van der Waals surface area contributed by atoms with Crippen molar-refractivity contribution in [2.75, 3.05) is 0 Å². The van der Waals surface area contributed by atoms with Crippen LogP contribution in [-0.2, 0) is 0 Å². The normalized spacial score (nSPS) is 10.6. The van der Waals surface area contributed by atoms with Gasteiger partial charge in [-0.05, 0) is 24.3 Å². The highest BCUT2D eigenvalue weighted by atomic mass is 19.3. The lowest BCUT2D eigenvalue weighted by molar-refractivity contribution is -0.0498. The highest BCUT2D eigenvalue weighted by molar-refractivity contribution is 5.82. The Morgan fingerprint density at radius 2 is 1.94 bits per heavy atom. The molecule has 1 aromatic carbocycles. The number of hydrogen-bond donors (Lipinski definition) is 1. The van der Waals surface area contributed by atoms with Crippen molar-refractivity contribution >= 4 is 5.97 Å². The fraction of sp³-hybridized carbons (Fsp3) is 0.100. The van der Waals surface area contributed by atoms with Crippen molar-refractivity contribution in [2.45, 2.75) is 6.61 Å². The first-order valence-electron chi connectivity index (χ1n) is 4.68. The first kappa shape index (κ1) is 12.0. The highest BCUT2D eigenvalue weighted by Gasteiger charge is 2.14. The Morgan fingerprint density at radius 3 is 2.44 bits per heavy atom. The van der Waals surface area contributed by atoms with Crippen LogP contribution in [0.5, 0.6) is 5.75 Å². The molecule has 0 fully saturated rings. The van der Waals surface area contributed by atoms with E-state index in [1.54, 1.807) is 0 Å². The van der Waals surface area contributed by atoms with E-state index in [4.69, 9.17) is 9.52 Å². The second-order valence-electron chi connectivity index (χ2n) is 3.12. The van der Waals surface area contributed by atoms with Crippen molar-refractivity contribution in [1.82, 2.24) is 10.2 Å². The van der Waals surface area contributed by atoms with Crippen molar-refractivity contribution in [1.29, 1.82) is 0 Å². The summed E-state index contributed by atoms with van der Waals surface area (Å²) in [6.45, 7) is -2.90. The molecule has 1 N–H and O–H groups in total. The van der Waals surface area contributed by atoms with Gasteiger partial charge in [0.2, 0.25) is 5.89 Å². The number of halogens is 2. The molecule has 0 aliphatic rings. The molecule has 0 aliphatic heterocycles. The summed E-state index contributed by atoms with van der Waals surface area (Å²) in [4.78, 5) is 10.5. The van der Waals surface area contributed by atoms with E-state index in [9.17, 15) is 13.6 Å². The molecule has 0 atom stereocenters. The first-order valence-corrected chi connectivity index (χ1v) is 4.68. The smallest absolute Gasteiger partial charge is 0.393 e. The van der Waals surface area contributed by atoms with Crippen LogP contribution in [0.3, 0.4) is 0 Å². The van der Waals surface area contributed by atoms with E-state index in [1.807, 2.05) is 0 Å². The number of carboxylic acid groups (broad SMARTS) is 1. The number of carbonyl (C=O) groups is 1. The number of aromatic nitrogens is 2. The summed E-state index contributed by atoms with van der Waals surface area (Å²) in [5.74, 6) is -1.92. The number of ether oxygens (including phenoxy) is 1. The predicted molar refractivity (Wildman–Crippen MR) is 53.3 cm³/mol. The number of nitrogens with zero attached hydrogens (tertiary/aromatic N) is 2. The summed E-state index contributed by atoms with van der Waals surface area (Å²) in [5, 5.41) is 15.4. The third-order valence-electron chi connectivity index (χ3n) is 1.93. The molecule has 1 heterocycles. The minimum absolute atomic E-state index is 0.0176. The minimum Gasteiger partial charge on any atom is -0.474 e. The van der Waals surface area contributed by atoms with E-state index in [0.717, 1.165) is 0 Å². The molecule has 2 rings (SSSR count). The maximum atomic E-state index is 11.9. The maximum absolute atomic E-state index is 11.9. The van der Waals surface area contributed by atoms with E-state index in [1.165, 1.54) is 24.3 Å². The Hall–Kier alpha value is -2.51. The Labute approximate surface area is 98.8 Å². The molecule has 8 heteroatoms. The van der Waals surface area contributed by atoms with Gasteiger partial charge in [0, 0.05) is 5.56 Å². The van der Waals surface area contributed by atoms with Gasteiger partial charge in [0.1, 0.15) is 5.75 Å². The predicted octanol–water partition coefficient (Wildman–Crippen LogP) is 2.04. The quantitative estimate of drug-likeness (QED) is 0.900. The Kier molecular flexibility index (Phi) is 3.18. The van der Waals surface area contributed by atoms with E-state index >= 15 is 0 Å². The van der Waals surface area contributed by atoms with E-state index in [0.29, 0.717) is 5.56 Å². The fourth-order valence-corrected chi connectivity index (χ4v) is 1.21. The molecule has 0 radical (unpaired) electrons. The van der Waals surface area contributed by atoms with Gasteiger partial charge in [-0.3, -0.25) is 0 Å². The molecule has 0 amide bonds. The van der Waals surface area contributed by atoms with Crippen molar-refractivity contribution in [3.63, 3.8) is 0 Å². The van der Waals surface area contributed by atoms with Crippen molar-refractivity contribution in [3.05, 3.63) is 30.2 Å². The minimum atomic E-state index is -2.90. The molecule has 2 aromatic rings. The van der Waals surface area contributed by atoms with Gasteiger partial charge in [-0.25, -0.2) is 4.79 Å². The van der Waals surface area contributed by atoms with Crippen LogP contribution in [0.1, 0.15) is 10.7 Å². The van der Waals surface area contributed by atoms with Gasteiger partial charge in [-0.1, -0.05) is 0 Å². The number of hydrogen-bond acceptors (Lipinski definition) is 5. The second kappa shape index (κ2) is 4.78. The molecule has 0 saturated carbocycles. The molecule has 0 spiro atoms. The van der Waals surface area contributed by atoms with Gasteiger partial charge in [0.15, 0.2) is 0 Å². The molecule has 18 heavy (non-hydrogen) atoms. The number of rotatable bonds is 4. The van der Waals surface area contributed by atoms with Crippen molar-refractivity contribution in [3.8, 4) is 17.2 Å². The Bertz CT molecular complexity index is 553. The SMILES string of the molecule is O=C(O)c1nnc(-c2ccc(OC(F)F)cc2)o1. The van der Waals surface area contributed by atoms with Crippen LogP contribution in [0, 0.1) is 0 Å². The number of alkyl halides is 2. The molecule has 0 saturated heterocycles. The van der Waals surface area contributed by atoms with Gasteiger partial charge < -0.3 is 14.3 Å². The largest absolute Gasteiger partial charge is 0.474 e. The lowest BCUT2D eigenvalue weighted by atomic mass is 10.2. The average molecular weight is 256 g/mol. The zero-order valence-corrected chi connectivity index (χ0v) is 8.71. The Morgan fingerprint density at radius 1 is 1.28 bits per heavy atom. The van der Waals surface area contributed by atoms with Crippen molar-refractivity contribution in [2.24, 2.45) is 0 Å². The first-order chi connectivity index (χ1) is 8.56. The van der Waals surface area contributed by atoms with Crippen LogP contribution < -0.4 is 4.74 Å². The third kappa shape index (κ3) is 2.59. The van der Waals surface area contributed by atoms with Gasteiger partial charge in [-0.15, -0.1) is 10.2 Å². The van der Waals surface area contributed by atoms with E-state index < -0.39 is 18.5 Å². The molecule has 6 nitrogen and oxygen atoms in total. The monoisotopic (exact) mass is 256 g/mol. The number of carboxylic acids is 1. The number of aromatic carboxylic acids is 1. The zero-order chi connectivity index (χ0) is 13.1. The Balaban J connectivity index is 2.20. The summed E-state index contributed by atoms with van der Waals surface area (Å²) >= 11 is 0. The molecule has 1 aromatic heterocycles. The molecule has 0 unspecified atom stereocenters. The van der Waals surface area contributed by atoms with Gasteiger partial charge in [0.25, 0.3) is 0 Å². The summed E-state index contributed by atoms with van der Waals surface area (Å²) in [7, 11) is 0. The maximum Gasteiger partial charge on any atom is 0.393 e. The fourth-order valence-electron chi connectivity index (χ4n) is 1.21. The summed E-state index contributed by atoms with van der Waals surface area (Å²) < 4.78 is 32.8. The summed E-state index contributed by atoms with van der Waals surface area (Å²) in [5.41, 5.74) is 0.400. The summed E-state index contributed by atoms with van der Waals surface area (Å²) in [6.07, 6.45) is 0. The third-order valence-corrected chi connectivity index (χ3v) is 1.93. The lowest BCUT2D eigenvalue weighted by Crippen LogP contribution is -2.01. The standard InChI is InChI=1S/C10H6F2N2O4/c11-10(12)17-6-3-1-5(2-4-6)7-13-14-8(18-7)9(15)16/h1-4,10H,(H,15,16). The average Bonchev–Trinajstić information content (AvgIpc) is 2.78. The van der Waals surface area contributed by atoms with E-state index in [-0.39, 0.29) is 11.6 Å². The molecular formula is C10H6F2N2O4. The molecular weight excluding hydrogens is 250 g/mol. The number of benzene rings is 1. The molecule has 0 bridgehead atoms. The van der Waals surface area contributed by atoms with E-state index in [2.05, 4.69) is 14.9 Å². The van der Waals surface area contributed by atoms with Crippen LogP contribution in [0.4, 0.5) is 8.78 Å². The highest BCUT2D eigenvalue weighted by Crippen LogP contribution is 2.22. The van der Waals surface area contributed by atoms with Crippen LogP contribution in [0.15, 0.2) is 28.7 Å². The van der Waals surface area contributed by atoms with Crippen LogP contribution in [0.25, 0.3) is 11.5 Å². The molecule has 0 aliphatic carbocycles. The zero-order valence-electron chi connectivity index (χ0n) is 8.71. The topological polar surface area (TPSA) is 85.5 Å². The second-order valence-corrected chi connectivity index (χ2v) is 3.12. The van der Waals surface area contributed by atoms with Gasteiger partial charge in [-0.2, -0.15) is 8.78 Å².